The number of fused-ring (bicyclic) bond motifs is 2. The summed E-state index contributed by atoms with van der Waals surface area (Å²) in [7, 11) is 3.79. The number of anilines is 2. The van der Waals surface area contributed by atoms with Gasteiger partial charge >= 0.3 is 0 Å². The van der Waals surface area contributed by atoms with Gasteiger partial charge in [-0.1, -0.05) is 18.1 Å². The summed E-state index contributed by atoms with van der Waals surface area (Å²) in [5.74, 6) is 5.67. The molecule has 288 valence electrons. The Morgan fingerprint density at radius 2 is 1.75 bits per heavy atom. The minimum atomic E-state index is -0.445. The fourth-order valence-corrected chi connectivity index (χ4v) is 7.76. The number of nitrogens with one attached hydrogen (secondary N) is 2. The molecule has 1 atom stereocenters. The number of benzene rings is 2. The van der Waals surface area contributed by atoms with Gasteiger partial charge in [0.2, 0.25) is 11.8 Å². The first-order chi connectivity index (χ1) is 27.5. The second kappa shape index (κ2) is 15.5. The Labute approximate surface area is 328 Å². The number of furan rings is 1. The Hall–Kier alpha value is -6.65. The number of rotatable bonds is 7. The molecule has 1 unspecified atom stereocenters. The van der Waals surface area contributed by atoms with Crippen LogP contribution in [-0.2, 0) is 21.4 Å². The molecule has 6 aromatic rings. The molecule has 0 saturated carbocycles. The van der Waals surface area contributed by atoms with Crippen LogP contribution in [0.2, 0.25) is 0 Å². The standard InChI is InChI=1S/C44H41N7O6/c1-25-17-29(22-46-40(25)43(54)45-14-6-7-31-21-34-32(8-5-9-38(34)57-31)33-10-11-39(52)49-42(33)53)41-47-23-30(24-48-41)50(3)36-19-28(27-12-15-56-16-13-27)20-37-35(36)18-26(2)44(55)51(37)4/h5,8-9,17-24,27,33H,10-16H2,1-4H3,(H,45,54)(H,49,52,53). The molecule has 0 spiro atoms. The normalized spacial score (nSPS) is 16.0. The zero-order chi connectivity index (χ0) is 39.8. The van der Waals surface area contributed by atoms with Crippen molar-refractivity contribution in [3.05, 3.63) is 111 Å². The highest BCUT2D eigenvalue weighted by molar-refractivity contribution is 6.03. The van der Waals surface area contributed by atoms with Crippen LogP contribution in [0.5, 0.6) is 0 Å². The summed E-state index contributed by atoms with van der Waals surface area (Å²) < 4.78 is 13.2. The summed E-state index contributed by atoms with van der Waals surface area (Å²) in [4.78, 5) is 66.0. The monoisotopic (exact) mass is 763 g/mol. The zero-order valence-electron chi connectivity index (χ0n) is 32.1. The summed E-state index contributed by atoms with van der Waals surface area (Å²) in [5, 5.41) is 6.93. The number of pyridine rings is 2. The Kier molecular flexibility index (Phi) is 10.1. The van der Waals surface area contributed by atoms with Gasteiger partial charge in [0.05, 0.1) is 41.7 Å². The summed E-state index contributed by atoms with van der Waals surface area (Å²) >= 11 is 0. The van der Waals surface area contributed by atoms with Gasteiger partial charge in [0, 0.05) is 67.9 Å². The number of aromatic nitrogens is 4. The number of piperidine rings is 1. The number of hydrogen-bond acceptors (Lipinski definition) is 10. The van der Waals surface area contributed by atoms with Gasteiger partial charge in [-0.15, -0.1) is 0 Å². The van der Waals surface area contributed by atoms with E-state index in [4.69, 9.17) is 9.15 Å². The van der Waals surface area contributed by atoms with Crippen LogP contribution in [0.3, 0.4) is 0 Å². The molecule has 2 aliphatic rings. The molecule has 2 fully saturated rings. The number of hydrogen-bond donors (Lipinski definition) is 2. The Morgan fingerprint density at radius 1 is 0.965 bits per heavy atom. The van der Waals surface area contributed by atoms with Crippen LogP contribution < -0.4 is 21.1 Å². The molecule has 6 heterocycles. The fraction of sp³-hybridized carbons (Fsp3) is 0.295. The van der Waals surface area contributed by atoms with E-state index in [0.29, 0.717) is 59.4 Å². The van der Waals surface area contributed by atoms with Gasteiger partial charge in [-0.3, -0.25) is 29.5 Å². The smallest absolute Gasteiger partial charge is 0.270 e. The Bertz CT molecular complexity index is 2700. The molecule has 0 aliphatic carbocycles. The van der Waals surface area contributed by atoms with E-state index in [1.54, 1.807) is 42.2 Å². The third kappa shape index (κ3) is 7.39. The van der Waals surface area contributed by atoms with Crippen molar-refractivity contribution in [2.75, 3.05) is 31.7 Å². The minimum Gasteiger partial charge on any atom is -0.448 e. The van der Waals surface area contributed by atoms with Crippen molar-refractivity contribution < 1.29 is 23.5 Å². The van der Waals surface area contributed by atoms with E-state index in [1.165, 1.54) is 5.56 Å². The van der Waals surface area contributed by atoms with Crippen molar-refractivity contribution in [3.63, 3.8) is 0 Å². The molecular formula is C44H41N7O6. The second-order valence-corrected chi connectivity index (χ2v) is 14.6. The number of amides is 3. The van der Waals surface area contributed by atoms with E-state index in [1.807, 2.05) is 50.2 Å². The van der Waals surface area contributed by atoms with Crippen LogP contribution in [0.4, 0.5) is 11.4 Å². The van der Waals surface area contributed by atoms with Crippen molar-refractivity contribution in [1.82, 2.24) is 30.2 Å². The minimum absolute atomic E-state index is 0.0161. The highest BCUT2D eigenvalue weighted by Crippen LogP contribution is 2.37. The molecule has 4 aromatic heterocycles. The molecule has 13 heteroatoms. The number of ether oxygens (including phenoxy) is 1. The Morgan fingerprint density at radius 3 is 2.51 bits per heavy atom. The van der Waals surface area contributed by atoms with Crippen LogP contribution in [-0.4, -0.2) is 64.0 Å². The van der Waals surface area contributed by atoms with Crippen molar-refractivity contribution in [2.24, 2.45) is 7.05 Å². The highest BCUT2D eigenvalue weighted by atomic mass is 16.5. The van der Waals surface area contributed by atoms with E-state index in [2.05, 4.69) is 49.6 Å². The number of aryl methyl sites for hydroxylation is 3. The number of carbonyl (C=O) groups excluding carboxylic acids is 3. The van der Waals surface area contributed by atoms with Gasteiger partial charge in [0.15, 0.2) is 11.6 Å². The maximum atomic E-state index is 13.1. The lowest BCUT2D eigenvalue weighted by molar-refractivity contribution is -0.134. The zero-order valence-corrected chi connectivity index (χ0v) is 32.1. The number of imide groups is 1. The summed E-state index contributed by atoms with van der Waals surface area (Å²) in [5.41, 5.74) is 7.38. The third-order valence-corrected chi connectivity index (χ3v) is 10.9. The van der Waals surface area contributed by atoms with Crippen LogP contribution in [0.25, 0.3) is 33.3 Å². The lowest BCUT2D eigenvalue weighted by Gasteiger charge is -2.27. The van der Waals surface area contributed by atoms with E-state index in [9.17, 15) is 19.2 Å². The van der Waals surface area contributed by atoms with Gasteiger partial charge < -0.3 is 23.9 Å². The van der Waals surface area contributed by atoms with Crippen molar-refractivity contribution in [2.45, 2.75) is 51.4 Å². The van der Waals surface area contributed by atoms with Crippen molar-refractivity contribution in [3.8, 4) is 23.2 Å². The number of carbonyl (C=O) groups is 3. The summed E-state index contributed by atoms with van der Waals surface area (Å²) in [6.45, 7) is 5.13. The van der Waals surface area contributed by atoms with Crippen molar-refractivity contribution in [1.29, 1.82) is 0 Å². The molecule has 57 heavy (non-hydrogen) atoms. The fourth-order valence-electron chi connectivity index (χ4n) is 7.76. The lowest BCUT2D eigenvalue weighted by Crippen LogP contribution is -2.39. The Balaban J connectivity index is 0.953. The third-order valence-electron chi connectivity index (χ3n) is 10.9. The van der Waals surface area contributed by atoms with Gasteiger partial charge in [-0.25, -0.2) is 9.97 Å². The molecule has 2 saturated heterocycles. The predicted molar refractivity (Wildman–Crippen MR) is 215 cm³/mol. The first kappa shape index (κ1) is 37.3. The van der Waals surface area contributed by atoms with E-state index < -0.39 is 5.92 Å². The van der Waals surface area contributed by atoms with Crippen LogP contribution in [0.1, 0.15) is 76.0 Å². The first-order valence-electron chi connectivity index (χ1n) is 18.9. The number of nitrogens with zero attached hydrogens (tertiary/aromatic N) is 5. The van der Waals surface area contributed by atoms with E-state index in [-0.39, 0.29) is 41.9 Å². The van der Waals surface area contributed by atoms with Gasteiger partial charge in [0.1, 0.15) is 11.3 Å². The quantitative estimate of drug-likeness (QED) is 0.152. The molecule has 3 amide bonds. The summed E-state index contributed by atoms with van der Waals surface area (Å²) in [6, 6.07) is 15.4. The highest BCUT2D eigenvalue weighted by Gasteiger charge is 2.30. The van der Waals surface area contributed by atoms with Crippen molar-refractivity contribution >= 4 is 51.0 Å². The molecule has 2 N–H and O–H groups in total. The lowest BCUT2D eigenvalue weighted by atomic mass is 9.88. The maximum Gasteiger partial charge on any atom is 0.270 e. The molecule has 8 rings (SSSR count). The van der Waals surface area contributed by atoms with Gasteiger partial charge in [-0.2, -0.15) is 0 Å². The largest absolute Gasteiger partial charge is 0.448 e. The first-order valence-corrected chi connectivity index (χ1v) is 18.9. The van der Waals surface area contributed by atoms with Crippen LogP contribution in [0.15, 0.2) is 76.3 Å². The molecule has 0 radical (unpaired) electrons. The molecule has 0 bridgehead atoms. The average molecular weight is 764 g/mol. The molecular weight excluding hydrogens is 723 g/mol. The van der Waals surface area contributed by atoms with Crippen LogP contribution >= 0.6 is 0 Å². The van der Waals surface area contributed by atoms with Gasteiger partial charge in [-0.05, 0) is 92.0 Å². The van der Waals surface area contributed by atoms with Gasteiger partial charge in [0.25, 0.3) is 11.5 Å². The van der Waals surface area contributed by atoms with E-state index in [0.717, 1.165) is 46.1 Å². The topological polar surface area (TPSA) is 162 Å². The SMILES string of the molecule is Cc1cc(-c2ncc(N(C)c3cc(C4CCOCC4)cc4c3cc(C)c(=O)n4C)cn2)cnc1C(=O)NCC#Cc1cc2c(C3CCC(=O)NC3=O)cccc2o1. The second-order valence-electron chi connectivity index (χ2n) is 14.6. The maximum absolute atomic E-state index is 13.1. The molecule has 2 aliphatic heterocycles. The molecule has 2 aromatic carbocycles. The summed E-state index contributed by atoms with van der Waals surface area (Å²) in [6.07, 6.45) is 7.67. The average Bonchev–Trinajstić information content (AvgIpc) is 3.65. The molecule has 13 nitrogen and oxygen atoms in total. The van der Waals surface area contributed by atoms with E-state index >= 15 is 0 Å². The predicted octanol–water partition coefficient (Wildman–Crippen LogP) is 5.72. The van der Waals surface area contributed by atoms with Crippen LogP contribution in [0, 0.1) is 25.7 Å².